The molecule has 1 aromatic carbocycles. The fraction of sp³-hybridized carbons (Fsp3) is 0.250. The van der Waals surface area contributed by atoms with Gasteiger partial charge in [0.1, 0.15) is 12.1 Å². The van der Waals surface area contributed by atoms with Crippen LogP contribution in [0.1, 0.15) is 12.0 Å². The molecule has 2 rings (SSSR count). The first-order valence-corrected chi connectivity index (χ1v) is 6.09. The fourth-order valence-electron chi connectivity index (χ4n) is 1.79. The third-order valence-electron chi connectivity index (χ3n) is 2.81. The van der Waals surface area contributed by atoms with Crippen molar-refractivity contribution in [1.29, 1.82) is 5.26 Å². The summed E-state index contributed by atoms with van der Waals surface area (Å²) in [5, 5.41) is 11.9. The highest BCUT2D eigenvalue weighted by Gasteiger charge is 2.36. The number of likely N-dealkylation sites (N-methyl/N-ethyl adjacent to an activating group) is 1. The third-order valence-corrected chi connectivity index (χ3v) is 3.31. The zero-order chi connectivity index (χ0) is 13.3. The highest BCUT2D eigenvalue weighted by Crippen LogP contribution is 2.24. The Morgan fingerprint density at radius 2 is 2.22 bits per heavy atom. The van der Waals surface area contributed by atoms with Gasteiger partial charge in [0, 0.05) is 11.5 Å². The number of benzene rings is 1. The van der Waals surface area contributed by atoms with E-state index in [2.05, 4.69) is 21.2 Å². The Kier molecular flexibility index (Phi) is 3.34. The smallest absolute Gasteiger partial charge is 0.251 e. The standard InChI is InChI=1S/C12H10BrN3O2/c1-16-11(17)5-10(12(16)18)15-9-4-8(13)3-2-7(9)6-14/h2-4,10,15H,5H2,1H3. The van der Waals surface area contributed by atoms with E-state index in [0.717, 1.165) is 9.37 Å². The lowest BCUT2D eigenvalue weighted by molar-refractivity contribution is -0.136. The van der Waals surface area contributed by atoms with Crippen molar-refractivity contribution >= 4 is 33.4 Å². The Balaban J connectivity index is 2.25. The van der Waals surface area contributed by atoms with Crippen molar-refractivity contribution in [2.75, 3.05) is 12.4 Å². The molecule has 5 nitrogen and oxygen atoms in total. The minimum Gasteiger partial charge on any atom is -0.372 e. The van der Waals surface area contributed by atoms with Crippen LogP contribution in [0.15, 0.2) is 22.7 Å². The molecule has 2 amide bonds. The number of nitrogens with zero attached hydrogens (tertiary/aromatic N) is 2. The molecule has 0 saturated carbocycles. The van der Waals surface area contributed by atoms with Gasteiger partial charge < -0.3 is 5.32 Å². The number of anilines is 1. The molecule has 0 aromatic heterocycles. The summed E-state index contributed by atoms with van der Waals surface area (Å²) in [6.07, 6.45) is 0.118. The number of hydrogen-bond donors (Lipinski definition) is 1. The number of carbonyl (C=O) groups is 2. The van der Waals surface area contributed by atoms with E-state index in [1.54, 1.807) is 18.2 Å². The Morgan fingerprint density at radius 3 is 2.78 bits per heavy atom. The Bertz CT molecular complexity index is 565. The molecule has 1 saturated heterocycles. The maximum Gasteiger partial charge on any atom is 0.251 e. The Labute approximate surface area is 113 Å². The van der Waals surface area contributed by atoms with Crippen molar-refractivity contribution < 1.29 is 9.59 Å². The van der Waals surface area contributed by atoms with Crippen LogP contribution in [0, 0.1) is 11.3 Å². The first-order valence-electron chi connectivity index (χ1n) is 5.29. The molecule has 1 aliphatic heterocycles. The number of amides is 2. The lowest BCUT2D eigenvalue weighted by Gasteiger charge is -2.13. The molecule has 1 aromatic rings. The van der Waals surface area contributed by atoms with E-state index in [0.29, 0.717) is 11.3 Å². The van der Waals surface area contributed by atoms with Gasteiger partial charge >= 0.3 is 0 Å². The van der Waals surface area contributed by atoms with Crippen LogP contribution in [-0.2, 0) is 9.59 Å². The summed E-state index contributed by atoms with van der Waals surface area (Å²) in [6, 6.07) is 6.56. The molecule has 1 atom stereocenters. The van der Waals surface area contributed by atoms with Crippen LogP contribution >= 0.6 is 15.9 Å². The maximum atomic E-state index is 11.8. The maximum absolute atomic E-state index is 11.8. The second kappa shape index (κ2) is 4.78. The molecular formula is C12H10BrN3O2. The van der Waals surface area contributed by atoms with Gasteiger partial charge in [-0.1, -0.05) is 15.9 Å². The van der Waals surface area contributed by atoms with Crippen LogP contribution in [0.3, 0.4) is 0 Å². The van der Waals surface area contributed by atoms with Crippen LogP contribution in [-0.4, -0.2) is 29.8 Å². The van der Waals surface area contributed by atoms with Gasteiger partial charge in [0.15, 0.2) is 0 Å². The van der Waals surface area contributed by atoms with Gasteiger partial charge in [-0.05, 0) is 18.2 Å². The summed E-state index contributed by atoms with van der Waals surface area (Å²) in [6.45, 7) is 0. The highest BCUT2D eigenvalue weighted by molar-refractivity contribution is 9.10. The zero-order valence-corrected chi connectivity index (χ0v) is 11.2. The predicted octanol–water partition coefficient (Wildman–Crippen LogP) is 1.49. The number of hydrogen-bond acceptors (Lipinski definition) is 4. The van der Waals surface area contributed by atoms with Crippen LogP contribution in [0.4, 0.5) is 5.69 Å². The molecule has 92 valence electrons. The third kappa shape index (κ3) is 2.22. The first-order chi connectivity index (χ1) is 8.52. The van der Waals surface area contributed by atoms with Gasteiger partial charge in [0.25, 0.3) is 5.91 Å². The van der Waals surface area contributed by atoms with Gasteiger partial charge in [0.2, 0.25) is 5.91 Å². The van der Waals surface area contributed by atoms with Crippen LogP contribution in [0.2, 0.25) is 0 Å². The highest BCUT2D eigenvalue weighted by atomic mass is 79.9. The van der Waals surface area contributed by atoms with Crippen LogP contribution in [0.25, 0.3) is 0 Å². The second-order valence-corrected chi connectivity index (χ2v) is 4.91. The largest absolute Gasteiger partial charge is 0.372 e. The van der Waals surface area contributed by atoms with E-state index in [4.69, 9.17) is 5.26 Å². The number of halogens is 1. The normalized spacial score (nSPS) is 18.9. The van der Waals surface area contributed by atoms with E-state index >= 15 is 0 Å². The van der Waals surface area contributed by atoms with Crippen molar-refractivity contribution in [2.24, 2.45) is 0 Å². The van der Waals surface area contributed by atoms with Gasteiger partial charge in [0.05, 0.1) is 17.7 Å². The molecule has 1 fully saturated rings. The fourth-order valence-corrected chi connectivity index (χ4v) is 2.15. The minimum absolute atomic E-state index is 0.118. The van der Waals surface area contributed by atoms with E-state index in [9.17, 15) is 9.59 Å². The second-order valence-electron chi connectivity index (χ2n) is 3.99. The van der Waals surface area contributed by atoms with Crippen molar-refractivity contribution in [3.8, 4) is 6.07 Å². The number of nitriles is 1. The van der Waals surface area contributed by atoms with Crippen molar-refractivity contribution in [2.45, 2.75) is 12.5 Å². The van der Waals surface area contributed by atoms with Crippen LogP contribution in [0.5, 0.6) is 0 Å². The van der Waals surface area contributed by atoms with Gasteiger partial charge in [-0.15, -0.1) is 0 Å². The zero-order valence-electron chi connectivity index (χ0n) is 9.61. The minimum atomic E-state index is -0.594. The quantitative estimate of drug-likeness (QED) is 0.840. The summed E-state index contributed by atoms with van der Waals surface area (Å²) in [4.78, 5) is 24.2. The Morgan fingerprint density at radius 1 is 1.50 bits per heavy atom. The monoisotopic (exact) mass is 307 g/mol. The van der Waals surface area contributed by atoms with Gasteiger partial charge in [-0.3, -0.25) is 14.5 Å². The lowest BCUT2D eigenvalue weighted by Crippen LogP contribution is -2.32. The lowest BCUT2D eigenvalue weighted by atomic mass is 10.1. The van der Waals surface area contributed by atoms with E-state index < -0.39 is 6.04 Å². The predicted molar refractivity (Wildman–Crippen MR) is 68.7 cm³/mol. The number of imide groups is 1. The van der Waals surface area contributed by atoms with Crippen molar-refractivity contribution in [3.05, 3.63) is 28.2 Å². The molecule has 1 unspecified atom stereocenters. The average molecular weight is 308 g/mol. The molecule has 18 heavy (non-hydrogen) atoms. The molecule has 1 heterocycles. The molecule has 0 bridgehead atoms. The first kappa shape index (κ1) is 12.6. The van der Waals surface area contributed by atoms with E-state index in [1.165, 1.54) is 7.05 Å². The average Bonchev–Trinajstić information content (AvgIpc) is 2.57. The number of rotatable bonds is 2. The van der Waals surface area contributed by atoms with Gasteiger partial charge in [-0.25, -0.2) is 0 Å². The summed E-state index contributed by atoms with van der Waals surface area (Å²) < 4.78 is 0.800. The molecule has 0 radical (unpaired) electrons. The van der Waals surface area contributed by atoms with Gasteiger partial charge in [-0.2, -0.15) is 5.26 Å². The molecule has 1 aliphatic rings. The summed E-state index contributed by atoms with van der Waals surface area (Å²) in [5.74, 6) is -0.491. The number of likely N-dealkylation sites (tertiary alicyclic amines) is 1. The van der Waals surface area contributed by atoms with E-state index in [-0.39, 0.29) is 18.2 Å². The number of nitrogens with one attached hydrogen (secondary N) is 1. The van der Waals surface area contributed by atoms with E-state index in [1.807, 2.05) is 6.07 Å². The number of carbonyl (C=O) groups excluding carboxylic acids is 2. The van der Waals surface area contributed by atoms with Crippen LogP contribution < -0.4 is 5.32 Å². The molecule has 1 N–H and O–H groups in total. The van der Waals surface area contributed by atoms with Crippen molar-refractivity contribution in [1.82, 2.24) is 4.90 Å². The summed E-state index contributed by atoms with van der Waals surface area (Å²) in [7, 11) is 1.46. The topological polar surface area (TPSA) is 73.2 Å². The summed E-state index contributed by atoms with van der Waals surface area (Å²) in [5.41, 5.74) is 0.987. The summed E-state index contributed by atoms with van der Waals surface area (Å²) >= 11 is 3.30. The SMILES string of the molecule is CN1C(=O)CC(Nc2cc(Br)ccc2C#N)C1=O. The molecule has 0 aliphatic carbocycles. The molecule has 6 heteroatoms. The Hall–Kier alpha value is -1.87. The molecule has 0 spiro atoms. The van der Waals surface area contributed by atoms with Crippen molar-refractivity contribution in [3.63, 3.8) is 0 Å². The molecular weight excluding hydrogens is 298 g/mol.